The van der Waals surface area contributed by atoms with E-state index in [1.165, 1.54) is 24.3 Å². The van der Waals surface area contributed by atoms with E-state index in [1.54, 1.807) is 17.5 Å². The van der Waals surface area contributed by atoms with Crippen molar-refractivity contribution in [1.82, 2.24) is 4.57 Å². The highest BCUT2D eigenvalue weighted by atomic mass is 32.1. The van der Waals surface area contributed by atoms with Gasteiger partial charge in [-0.2, -0.15) is 0 Å². The molecular weight excluding hydrogens is 268 g/mol. The first kappa shape index (κ1) is 13.2. The number of pyridine rings is 1. The van der Waals surface area contributed by atoms with Gasteiger partial charge < -0.3 is 4.57 Å². The molecule has 2 heterocycles. The van der Waals surface area contributed by atoms with Crippen LogP contribution in [-0.2, 0) is 6.54 Å². The topological polar surface area (TPSA) is 82.2 Å². The largest absolute Gasteiger partial charge is 0.301 e. The molecule has 0 aliphatic heterocycles. The van der Waals surface area contributed by atoms with E-state index in [1.807, 2.05) is 0 Å². The van der Waals surface area contributed by atoms with Gasteiger partial charge in [0.05, 0.1) is 22.5 Å². The summed E-state index contributed by atoms with van der Waals surface area (Å²) in [5.74, 6) is -0.241. The van der Waals surface area contributed by atoms with Gasteiger partial charge in [0.2, 0.25) is 0 Å². The third kappa shape index (κ3) is 2.76. The number of thiophene rings is 1. The Kier molecular flexibility index (Phi) is 3.57. The van der Waals surface area contributed by atoms with Crippen LogP contribution < -0.4 is 5.56 Å². The Balaban J connectivity index is 2.35. The van der Waals surface area contributed by atoms with Crippen molar-refractivity contribution in [3.05, 3.63) is 60.7 Å². The number of nitro groups is 1. The van der Waals surface area contributed by atoms with Crippen LogP contribution in [0.1, 0.15) is 15.2 Å². The number of hydrogen-bond acceptors (Lipinski definition) is 5. The van der Waals surface area contributed by atoms with Crippen molar-refractivity contribution in [2.45, 2.75) is 13.5 Å². The average molecular weight is 278 g/mol. The number of hydrogen-bond donors (Lipinski definition) is 0. The number of aryl methyl sites for hydroxylation is 1. The minimum absolute atomic E-state index is 0.168. The SMILES string of the molecule is Cc1cc(=O)n(CC(=O)c2cccs2)cc1[N+](=O)[O-]. The second-order valence-electron chi connectivity index (χ2n) is 3.97. The fraction of sp³-hybridized carbons (Fsp3) is 0.167. The zero-order valence-corrected chi connectivity index (χ0v) is 10.8. The molecule has 0 spiro atoms. The van der Waals surface area contributed by atoms with Crippen molar-refractivity contribution >= 4 is 22.8 Å². The van der Waals surface area contributed by atoms with Crippen LogP contribution in [0.25, 0.3) is 0 Å². The molecule has 0 atom stereocenters. The molecule has 2 aromatic heterocycles. The molecule has 98 valence electrons. The first-order chi connectivity index (χ1) is 8.99. The number of ketones is 1. The molecule has 0 aliphatic carbocycles. The van der Waals surface area contributed by atoms with Gasteiger partial charge in [-0.1, -0.05) is 6.07 Å². The van der Waals surface area contributed by atoms with Gasteiger partial charge >= 0.3 is 0 Å². The molecule has 0 unspecified atom stereocenters. The van der Waals surface area contributed by atoms with E-state index in [2.05, 4.69) is 0 Å². The highest BCUT2D eigenvalue weighted by Gasteiger charge is 2.15. The number of rotatable bonds is 4. The van der Waals surface area contributed by atoms with Crippen LogP contribution in [0.15, 0.2) is 34.6 Å². The Morgan fingerprint density at radius 3 is 2.84 bits per heavy atom. The summed E-state index contributed by atoms with van der Waals surface area (Å²) in [4.78, 5) is 34.3. The predicted octanol–water partition coefficient (Wildman–Crippen LogP) is 2.01. The molecule has 0 saturated carbocycles. The zero-order chi connectivity index (χ0) is 14.0. The smallest absolute Gasteiger partial charge is 0.288 e. The molecule has 2 aromatic rings. The number of carbonyl (C=O) groups is 1. The number of carbonyl (C=O) groups excluding carboxylic acids is 1. The Morgan fingerprint density at radius 1 is 1.53 bits per heavy atom. The molecular formula is C12H10N2O4S. The minimum Gasteiger partial charge on any atom is -0.301 e. The van der Waals surface area contributed by atoms with Crippen molar-refractivity contribution in [3.63, 3.8) is 0 Å². The lowest BCUT2D eigenvalue weighted by Gasteiger charge is -2.05. The number of Topliss-reactive ketones (excluding diaryl/α,β-unsaturated/α-hetero) is 1. The van der Waals surface area contributed by atoms with E-state index < -0.39 is 10.5 Å². The first-order valence-corrected chi connectivity index (χ1v) is 6.29. The van der Waals surface area contributed by atoms with Crippen molar-refractivity contribution in [2.24, 2.45) is 0 Å². The third-order valence-electron chi connectivity index (χ3n) is 2.61. The van der Waals surface area contributed by atoms with Crippen LogP contribution in [-0.4, -0.2) is 15.3 Å². The second-order valence-corrected chi connectivity index (χ2v) is 4.91. The van der Waals surface area contributed by atoms with E-state index in [0.29, 0.717) is 4.88 Å². The lowest BCUT2D eigenvalue weighted by Crippen LogP contribution is -2.23. The highest BCUT2D eigenvalue weighted by molar-refractivity contribution is 7.12. The van der Waals surface area contributed by atoms with Crippen molar-refractivity contribution < 1.29 is 9.72 Å². The maximum Gasteiger partial charge on any atom is 0.288 e. The van der Waals surface area contributed by atoms with Crippen LogP contribution in [0.4, 0.5) is 5.69 Å². The Hall–Kier alpha value is -2.28. The van der Waals surface area contributed by atoms with Gasteiger partial charge in [-0.05, 0) is 18.4 Å². The Morgan fingerprint density at radius 2 is 2.26 bits per heavy atom. The first-order valence-electron chi connectivity index (χ1n) is 5.41. The molecule has 0 N–H and O–H groups in total. The molecule has 0 bridgehead atoms. The zero-order valence-electron chi connectivity index (χ0n) is 10.0. The third-order valence-corrected chi connectivity index (χ3v) is 3.52. The van der Waals surface area contributed by atoms with E-state index in [0.717, 1.165) is 10.8 Å². The maximum absolute atomic E-state index is 11.9. The lowest BCUT2D eigenvalue weighted by molar-refractivity contribution is -0.385. The van der Waals surface area contributed by atoms with E-state index in [9.17, 15) is 19.7 Å². The summed E-state index contributed by atoms with van der Waals surface area (Å²) in [5, 5.41) is 12.6. The Labute approximate surface area is 112 Å². The van der Waals surface area contributed by atoms with Crippen LogP contribution in [0.2, 0.25) is 0 Å². The molecule has 7 heteroatoms. The summed E-state index contributed by atoms with van der Waals surface area (Å²) in [6, 6.07) is 4.55. The van der Waals surface area contributed by atoms with Gasteiger partial charge in [0, 0.05) is 11.6 Å². The van der Waals surface area contributed by atoms with Crippen molar-refractivity contribution in [2.75, 3.05) is 0 Å². The van der Waals surface area contributed by atoms with Gasteiger partial charge in [0.15, 0.2) is 5.78 Å². The van der Waals surface area contributed by atoms with E-state index >= 15 is 0 Å². The van der Waals surface area contributed by atoms with Crippen LogP contribution in [0, 0.1) is 17.0 Å². The fourth-order valence-corrected chi connectivity index (χ4v) is 2.30. The fourth-order valence-electron chi connectivity index (χ4n) is 1.64. The van der Waals surface area contributed by atoms with Gasteiger partial charge in [0.1, 0.15) is 0 Å². The second kappa shape index (κ2) is 5.15. The monoisotopic (exact) mass is 278 g/mol. The molecule has 6 nitrogen and oxygen atoms in total. The molecule has 19 heavy (non-hydrogen) atoms. The lowest BCUT2D eigenvalue weighted by atomic mass is 10.2. The predicted molar refractivity (Wildman–Crippen MR) is 70.7 cm³/mol. The van der Waals surface area contributed by atoms with Crippen molar-refractivity contribution in [3.8, 4) is 0 Å². The van der Waals surface area contributed by atoms with Crippen molar-refractivity contribution in [1.29, 1.82) is 0 Å². The normalized spacial score (nSPS) is 10.4. The summed E-state index contributed by atoms with van der Waals surface area (Å²) in [6.07, 6.45) is 1.11. The summed E-state index contributed by atoms with van der Waals surface area (Å²) >= 11 is 1.27. The van der Waals surface area contributed by atoms with E-state index in [-0.39, 0.29) is 23.6 Å². The number of aromatic nitrogens is 1. The number of nitrogens with zero attached hydrogens (tertiary/aromatic N) is 2. The summed E-state index contributed by atoms with van der Waals surface area (Å²) in [5.41, 5.74) is -0.304. The molecule has 0 radical (unpaired) electrons. The molecule has 0 fully saturated rings. The van der Waals surface area contributed by atoms with Gasteiger partial charge in [-0.3, -0.25) is 19.7 Å². The van der Waals surface area contributed by atoms with Gasteiger partial charge in [0.25, 0.3) is 11.2 Å². The van der Waals surface area contributed by atoms with Gasteiger partial charge in [-0.15, -0.1) is 11.3 Å². The van der Waals surface area contributed by atoms with Crippen LogP contribution in [0.3, 0.4) is 0 Å². The van der Waals surface area contributed by atoms with Crippen LogP contribution >= 0.6 is 11.3 Å². The summed E-state index contributed by atoms with van der Waals surface area (Å²) in [7, 11) is 0. The highest BCUT2D eigenvalue weighted by Crippen LogP contribution is 2.15. The van der Waals surface area contributed by atoms with Gasteiger partial charge in [-0.25, -0.2) is 0 Å². The standard InChI is InChI=1S/C12H10N2O4S/c1-8-5-12(16)13(6-9(8)14(17)18)7-10(15)11-3-2-4-19-11/h2-6H,7H2,1H3. The average Bonchev–Trinajstić information content (AvgIpc) is 2.85. The van der Waals surface area contributed by atoms with E-state index in [4.69, 9.17) is 0 Å². The molecule has 0 saturated heterocycles. The molecule has 0 aromatic carbocycles. The minimum atomic E-state index is -0.569. The van der Waals surface area contributed by atoms with Crippen LogP contribution in [0.5, 0.6) is 0 Å². The molecule has 0 amide bonds. The summed E-state index contributed by atoms with van der Waals surface area (Å²) in [6.45, 7) is 1.30. The Bertz CT molecular complexity index is 688. The molecule has 2 rings (SSSR count). The molecule has 0 aliphatic rings. The summed E-state index contributed by atoms with van der Waals surface area (Å²) < 4.78 is 1.06. The maximum atomic E-state index is 11.9. The quantitative estimate of drug-likeness (QED) is 0.486.